The lowest BCUT2D eigenvalue weighted by molar-refractivity contribution is 0.00200. The van der Waals surface area contributed by atoms with Gasteiger partial charge in [0.25, 0.3) is 5.56 Å². The van der Waals surface area contributed by atoms with Gasteiger partial charge in [-0.05, 0) is 29.0 Å². The van der Waals surface area contributed by atoms with Gasteiger partial charge in [0.05, 0.1) is 18.1 Å². The summed E-state index contributed by atoms with van der Waals surface area (Å²) in [5.41, 5.74) is 3.70. The van der Waals surface area contributed by atoms with Crippen molar-refractivity contribution < 1.29 is 4.74 Å². The van der Waals surface area contributed by atoms with Gasteiger partial charge >= 0.3 is 0 Å². The molecule has 1 aliphatic heterocycles. The third-order valence-electron chi connectivity index (χ3n) is 6.21. The second-order valence-corrected chi connectivity index (χ2v) is 10.9. The molecule has 2 aromatic heterocycles. The third kappa shape index (κ3) is 4.79. The van der Waals surface area contributed by atoms with Crippen LogP contribution in [-0.2, 0) is 36.5 Å². The fourth-order valence-corrected chi connectivity index (χ4v) is 6.43. The SMILES string of the molecule is CC(C)C1Cc2c(sc3nc(SCc4ccccc4)n(CCc4ccccc4)c(=O)c23)CO1. The van der Waals surface area contributed by atoms with Crippen molar-refractivity contribution in [3.8, 4) is 0 Å². The van der Waals surface area contributed by atoms with Crippen molar-refractivity contribution >= 4 is 33.3 Å². The highest BCUT2D eigenvalue weighted by atomic mass is 32.2. The molecule has 0 amide bonds. The first kappa shape index (κ1) is 22.4. The highest BCUT2D eigenvalue weighted by molar-refractivity contribution is 7.98. The molecule has 1 aliphatic rings. The number of ether oxygens (including phenoxy) is 1. The van der Waals surface area contributed by atoms with Crippen LogP contribution in [0.5, 0.6) is 0 Å². The van der Waals surface area contributed by atoms with Gasteiger partial charge in [0, 0.05) is 23.6 Å². The number of aryl methyl sites for hydroxylation is 1. The minimum Gasteiger partial charge on any atom is -0.372 e. The normalized spacial score (nSPS) is 15.8. The first-order valence-corrected chi connectivity index (χ1v) is 13.3. The molecule has 0 N–H and O–H groups in total. The lowest BCUT2D eigenvalue weighted by Gasteiger charge is -2.26. The molecule has 0 aliphatic carbocycles. The number of rotatable bonds is 7. The van der Waals surface area contributed by atoms with Gasteiger partial charge in [-0.1, -0.05) is 86.3 Å². The van der Waals surface area contributed by atoms with Crippen LogP contribution in [0.3, 0.4) is 0 Å². The highest BCUT2D eigenvalue weighted by Crippen LogP contribution is 2.36. The van der Waals surface area contributed by atoms with Crippen molar-refractivity contribution in [1.82, 2.24) is 9.55 Å². The van der Waals surface area contributed by atoms with Gasteiger partial charge in [-0.2, -0.15) is 0 Å². The molecule has 170 valence electrons. The molecule has 0 radical (unpaired) electrons. The van der Waals surface area contributed by atoms with Crippen molar-refractivity contribution in [2.75, 3.05) is 0 Å². The van der Waals surface area contributed by atoms with E-state index in [2.05, 4.69) is 38.1 Å². The van der Waals surface area contributed by atoms with Crippen molar-refractivity contribution in [2.24, 2.45) is 5.92 Å². The first-order chi connectivity index (χ1) is 16.1. The molecule has 0 spiro atoms. The van der Waals surface area contributed by atoms with Gasteiger partial charge in [0.15, 0.2) is 5.16 Å². The second-order valence-electron chi connectivity index (χ2n) is 8.84. The van der Waals surface area contributed by atoms with Gasteiger partial charge in [0.2, 0.25) is 0 Å². The van der Waals surface area contributed by atoms with Crippen LogP contribution in [0.4, 0.5) is 0 Å². The maximum Gasteiger partial charge on any atom is 0.263 e. The number of hydrogen-bond acceptors (Lipinski definition) is 5. The number of fused-ring (bicyclic) bond motifs is 3. The smallest absolute Gasteiger partial charge is 0.263 e. The predicted octanol–water partition coefficient (Wildman–Crippen LogP) is 6.09. The molecule has 1 unspecified atom stereocenters. The number of thiophene rings is 1. The Hall–Kier alpha value is -2.41. The molecule has 0 saturated heterocycles. The maximum atomic E-state index is 13.9. The molecule has 0 bridgehead atoms. The standard InChI is InChI=1S/C27H28N2O2S2/c1-18(2)22-15-21-23(16-31-22)33-25-24(21)26(30)29(14-13-19-9-5-3-6-10-19)27(28-25)32-17-20-11-7-4-8-12-20/h3-12,18,22H,13-17H2,1-2H3. The summed E-state index contributed by atoms with van der Waals surface area (Å²) in [6.45, 7) is 5.56. The van der Waals surface area contributed by atoms with Crippen LogP contribution in [0.2, 0.25) is 0 Å². The average molecular weight is 477 g/mol. The summed E-state index contributed by atoms with van der Waals surface area (Å²) in [6, 6.07) is 20.7. The van der Waals surface area contributed by atoms with E-state index in [1.807, 2.05) is 41.0 Å². The molecule has 0 fully saturated rings. The topological polar surface area (TPSA) is 44.1 Å². The van der Waals surface area contributed by atoms with E-state index in [1.54, 1.807) is 23.1 Å². The Labute approximate surface area is 202 Å². The predicted molar refractivity (Wildman–Crippen MR) is 137 cm³/mol. The number of hydrogen-bond donors (Lipinski definition) is 0. The lowest BCUT2D eigenvalue weighted by atomic mass is 9.96. The first-order valence-electron chi connectivity index (χ1n) is 11.5. The Morgan fingerprint density at radius 3 is 2.48 bits per heavy atom. The molecule has 4 nitrogen and oxygen atoms in total. The van der Waals surface area contributed by atoms with Crippen LogP contribution in [0.1, 0.15) is 35.4 Å². The fraction of sp³-hybridized carbons (Fsp3) is 0.333. The molecular formula is C27H28N2O2S2. The largest absolute Gasteiger partial charge is 0.372 e. The fourth-order valence-electron chi connectivity index (χ4n) is 4.28. The van der Waals surface area contributed by atoms with E-state index in [0.717, 1.165) is 44.4 Å². The van der Waals surface area contributed by atoms with Crippen molar-refractivity contribution in [3.63, 3.8) is 0 Å². The van der Waals surface area contributed by atoms with Crippen LogP contribution < -0.4 is 5.56 Å². The molecule has 6 heteroatoms. The second kappa shape index (κ2) is 9.84. The zero-order valence-electron chi connectivity index (χ0n) is 19.0. The summed E-state index contributed by atoms with van der Waals surface area (Å²) in [5.74, 6) is 1.20. The Kier molecular flexibility index (Phi) is 6.67. The third-order valence-corrected chi connectivity index (χ3v) is 8.36. The molecule has 4 aromatic rings. The summed E-state index contributed by atoms with van der Waals surface area (Å²) in [5, 5.41) is 1.60. The zero-order valence-corrected chi connectivity index (χ0v) is 20.6. The Bertz CT molecular complexity index is 1300. The Morgan fingerprint density at radius 1 is 1.09 bits per heavy atom. The maximum absolute atomic E-state index is 13.9. The van der Waals surface area contributed by atoms with Crippen LogP contribution in [0.25, 0.3) is 10.2 Å². The quantitative estimate of drug-likeness (QED) is 0.239. The van der Waals surface area contributed by atoms with E-state index in [9.17, 15) is 4.79 Å². The summed E-state index contributed by atoms with van der Waals surface area (Å²) >= 11 is 3.27. The summed E-state index contributed by atoms with van der Waals surface area (Å²) in [4.78, 5) is 20.9. The van der Waals surface area contributed by atoms with Gasteiger partial charge in [-0.3, -0.25) is 9.36 Å². The number of nitrogens with zero attached hydrogens (tertiary/aromatic N) is 2. The minimum absolute atomic E-state index is 0.0911. The average Bonchev–Trinajstić information content (AvgIpc) is 3.21. The molecule has 1 atom stereocenters. The molecule has 5 rings (SSSR count). The van der Waals surface area contributed by atoms with E-state index in [1.165, 1.54) is 11.1 Å². The molecule has 2 aromatic carbocycles. The van der Waals surface area contributed by atoms with E-state index in [-0.39, 0.29) is 11.7 Å². The van der Waals surface area contributed by atoms with E-state index in [0.29, 0.717) is 19.1 Å². The van der Waals surface area contributed by atoms with Crippen LogP contribution >= 0.6 is 23.1 Å². The summed E-state index contributed by atoms with van der Waals surface area (Å²) in [7, 11) is 0. The van der Waals surface area contributed by atoms with Gasteiger partial charge < -0.3 is 4.74 Å². The van der Waals surface area contributed by atoms with Crippen LogP contribution in [0, 0.1) is 5.92 Å². The van der Waals surface area contributed by atoms with Crippen LogP contribution in [-0.4, -0.2) is 15.7 Å². The number of aromatic nitrogens is 2. The Balaban J connectivity index is 1.54. The number of benzene rings is 2. The van der Waals surface area contributed by atoms with E-state index < -0.39 is 0 Å². The lowest BCUT2D eigenvalue weighted by Crippen LogP contribution is -2.29. The molecular weight excluding hydrogens is 448 g/mol. The van der Waals surface area contributed by atoms with Crippen molar-refractivity contribution in [2.45, 2.75) is 56.9 Å². The zero-order chi connectivity index (χ0) is 22.8. The minimum atomic E-state index is 0.0911. The van der Waals surface area contributed by atoms with Crippen molar-refractivity contribution in [1.29, 1.82) is 0 Å². The number of thioether (sulfide) groups is 1. The van der Waals surface area contributed by atoms with Crippen LogP contribution in [0.15, 0.2) is 70.6 Å². The van der Waals surface area contributed by atoms with E-state index in [4.69, 9.17) is 9.72 Å². The molecule has 33 heavy (non-hydrogen) atoms. The Morgan fingerprint density at radius 2 is 1.79 bits per heavy atom. The molecule has 0 saturated carbocycles. The van der Waals surface area contributed by atoms with Gasteiger partial charge in [-0.15, -0.1) is 11.3 Å². The van der Waals surface area contributed by atoms with Gasteiger partial charge in [-0.25, -0.2) is 4.98 Å². The van der Waals surface area contributed by atoms with E-state index >= 15 is 0 Å². The van der Waals surface area contributed by atoms with Gasteiger partial charge in [0.1, 0.15) is 4.83 Å². The summed E-state index contributed by atoms with van der Waals surface area (Å²) in [6.07, 6.45) is 1.75. The monoisotopic (exact) mass is 476 g/mol. The highest BCUT2D eigenvalue weighted by Gasteiger charge is 2.28. The van der Waals surface area contributed by atoms with Crippen molar-refractivity contribution in [3.05, 3.63) is 92.6 Å². The molecule has 3 heterocycles. The summed E-state index contributed by atoms with van der Waals surface area (Å²) < 4.78 is 7.97.